The SMILES string of the molecule is Cc1ccc(S(=O)(=O)N2CCN(C(=O)NCc3ccc4c(c3)OCCO4)CC2)c(C)c1. The third kappa shape index (κ3) is 4.62. The van der Waals surface area contributed by atoms with Gasteiger partial charge in [-0.15, -0.1) is 0 Å². The molecule has 0 aliphatic carbocycles. The van der Waals surface area contributed by atoms with Crippen LogP contribution < -0.4 is 14.8 Å². The van der Waals surface area contributed by atoms with Gasteiger partial charge in [0.15, 0.2) is 11.5 Å². The van der Waals surface area contributed by atoms with E-state index >= 15 is 0 Å². The average molecular weight is 446 g/mol. The summed E-state index contributed by atoms with van der Waals surface area (Å²) in [5.41, 5.74) is 2.67. The van der Waals surface area contributed by atoms with Gasteiger partial charge >= 0.3 is 6.03 Å². The van der Waals surface area contributed by atoms with Crippen LogP contribution in [-0.2, 0) is 16.6 Å². The van der Waals surface area contributed by atoms with Crippen LogP contribution in [-0.4, -0.2) is 63.0 Å². The lowest BCUT2D eigenvalue weighted by atomic mass is 10.2. The zero-order valence-corrected chi connectivity index (χ0v) is 18.6. The van der Waals surface area contributed by atoms with Crippen LogP contribution in [0.2, 0.25) is 0 Å². The maximum atomic E-state index is 13.0. The first-order chi connectivity index (χ1) is 14.8. The van der Waals surface area contributed by atoms with E-state index in [9.17, 15) is 13.2 Å². The number of rotatable bonds is 4. The Labute approximate surface area is 182 Å². The predicted octanol–water partition coefficient (Wildman–Crippen LogP) is 2.29. The summed E-state index contributed by atoms with van der Waals surface area (Å²) >= 11 is 0. The highest BCUT2D eigenvalue weighted by atomic mass is 32.2. The number of carbonyl (C=O) groups excluding carboxylic acids is 1. The molecule has 0 bridgehead atoms. The summed E-state index contributed by atoms with van der Waals surface area (Å²) in [4.78, 5) is 14.5. The fourth-order valence-electron chi connectivity index (χ4n) is 3.85. The molecule has 0 unspecified atom stereocenters. The molecule has 31 heavy (non-hydrogen) atoms. The second-order valence-corrected chi connectivity index (χ2v) is 9.70. The van der Waals surface area contributed by atoms with Gasteiger partial charge in [0.05, 0.1) is 4.90 Å². The van der Waals surface area contributed by atoms with Gasteiger partial charge in [0.2, 0.25) is 10.0 Å². The maximum Gasteiger partial charge on any atom is 0.317 e. The molecular weight excluding hydrogens is 418 g/mol. The van der Waals surface area contributed by atoms with Crippen molar-refractivity contribution in [1.29, 1.82) is 0 Å². The Kier molecular flexibility index (Phi) is 6.06. The van der Waals surface area contributed by atoms with Crippen molar-refractivity contribution < 1.29 is 22.7 Å². The van der Waals surface area contributed by atoms with Crippen molar-refractivity contribution in [3.05, 3.63) is 53.1 Å². The fourth-order valence-corrected chi connectivity index (χ4v) is 5.47. The normalized spacial score (nSPS) is 16.8. The molecule has 1 fully saturated rings. The van der Waals surface area contributed by atoms with Gasteiger partial charge in [-0.25, -0.2) is 13.2 Å². The molecule has 8 nitrogen and oxygen atoms in total. The summed E-state index contributed by atoms with van der Waals surface area (Å²) in [7, 11) is -3.57. The quantitative estimate of drug-likeness (QED) is 0.780. The van der Waals surface area contributed by atoms with E-state index < -0.39 is 10.0 Å². The van der Waals surface area contributed by atoms with E-state index in [2.05, 4.69) is 5.32 Å². The van der Waals surface area contributed by atoms with Gasteiger partial charge in [0, 0.05) is 32.7 Å². The third-order valence-corrected chi connectivity index (χ3v) is 7.58. The van der Waals surface area contributed by atoms with Crippen molar-refractivity contribution in [2.24, 2.45) is 0 Å². The molecule has 2 amide bonds. The Bertz CT molecular complexity index is 1080. The molecule has 0 atom stereocenters. The molecule has 1 N–H and O–H groups in total. The number of ether oxygens (including phenoxy) is 2. The Morgan fingerprint density at radius 2 is 1.68 bits per heavy atom. The van der Waals surface area contributed by atoms with E-state index in [1.807, 2.05) is 31.2 Å². The highest BCUT2D eigenvalue weighted by Crippen LogP contribution is 2.30. The van der Waals surface area contributed by atoms with Crippen molar-refractivity contribution in [2.75, 3.05) is 39.4 Å². The average Bonchev–Trinajstić information content (AvgIpc) is 2.77. The van der Waals surface area contributed by atoms with E-state index in [1.54, 1.807) is 24.0 Å². The number of hydrogen-bond acceptors (Lipinski definition) is 5. The second-order valence-electron chi connectivity index (χ2n) is 7.80. The number of piperazine rings is 1. The first-order valence-electron chi connectivity index (χ1n) is 10.3. The first-order valence-corrected chi connectivity index (χ1v) is 11.8. The number of benzene rings is 2. The van der Waals surface area contributed by atoms with Crippen LogP contribution in [0.25, 0.3) is 0 Å². The van der Waals surface area contributed by atoms with Gasteiger partial charge in [0.25, 0.3) is 0 Å². The van der Waals surface area contributed by atoms with Crippen molar-refractivity contribution in [1.82, 2.24) is 14.5 Å². The summed E-state index contributed by atoms with van der Waals surface area (Å²) < 4.78 is 38.6. The van der Waals surface area contributed by atoms with E-state index in [0.717, 1.165) is 16.7 Å². The van der Waals surface area contributed by atoms with Crippen LogP contribution in [0.15, 0.2) is 41.3 Å². The second kappa shape index (κ2) is 8.76. The summed E-state index contributed by atoms with van der Waals surface area (Å²) in [5.74, 6) is 1.39. The summed E-state index contributed by atoms with van der Waals surface area (Å²) in [6.07, 6.45) is 0. The number of amides is 2. The molecule has 0 radical (unpaired) electrons. The molecule has 0 saturated carbocycles. The minimum Gasteiger partial charge on any atom is -0.486 e. The largest absolute Gasteiger partial charge is 0.486 e. The lowest BCUT2D eigenvalue weighted by Crippen LogP contribution is -2.53. The zero-order chi connectivity index (χ0) is 22.0. The van der Waals surface area contributed by atoms with Gasteiger partial charge in [-0.3, -0.25) is 0 Å². The van der Waals surface area contributed by atoms with Crippen LogP contribution in [0, 0.1) is 13.8 Å². The van der Waals surface area contributed by atoms with E-state index in [1.165, 1.54) is 4.31 Å². The van der Waals surface area contributed by atoms with E-state index in [-0.39, 0.29) is 19.1 Å². The van der Waals surface area contributed by atoms with Gasteiger partial charge in [0.1, 0.15) is 13.2 Å². The molecule has 1 saturated heterocycles. The summed E-state index contributed by atoms with van der Waals surface area (Å²) in [5, 5.41) is 2.90. The highest BCUT2D eigenvalue weighted by molar-refractivity contribution is 7.89. The standard InChI is InChI=1S/C22H27N3O5S/c1-16-3-6-21(17(2)13-16)31(27,28)25-9-7-24(8-10-25)22(26)23-15-18-4-5-19-20(14-18)30-12-11-29-19/h3-6,13-14H,7-12,15H2,1-2H3,(H,23,26). The fraction of sp³-hybridized carbons (Fsp3) is 0.409. The summed E-state index contributed by atoms with van der Waals surface area (Å²) in [6, 6.07) is 10.7. The monoisotopic (exact) mass is 445 g/mol. The Morgan fingerprint density at radius 3 is 2.39 bits per heavy atom. The maximum absolute atomic E-state index is 13.0. The molecule has 9 heteroatoms. The number of hydrogen-bond donors (Lipinski definition) is 1. The van der Waals surface area contributed by atoms with Gasteiger partial charge in [-0.1, -0.05) is 23.8 Å². The first kappa shape index (κ1) is 21.5. The summed E-state index contributed by atoms with van der Waals surface area (Å²) in [6.45, 7) is 6.38. The van der Waals surface area contributed by atoms with Crippen LogP contribution in [0.1, 0.15) is 16.7 Å². The van der Waals surface area contributed by atoms with E-state index in [4.69, 9.17) is 9.47 Å². The van der Waals surface area contributed by atoms with Gasteiger partial charge < -0.3 is 19.7 Å². The Hall–Kier alpha value is -2.78. The van der Waals surface area contributed by atoms with Crippen molar-refractivity contribution >= 4 is 16.1 Å². The lowest BCUT2D eigenvalue weighted by molar-refractivity contribution is 0.170. The lowest BCUT2D eigenvalue weighted by Gasteiger charge is -2.34. The van der Waals surface area contributed by atoms with Gasteiger partial charge in [-0.2, -0.15) is 4.31 Å². The molecular formula is C22H27N3O5S. The van der Waals surface area contributed by atoms with Crippen LogP contribution in [0.4, 0.5) is 4.79 Å². The van der Waals surface area contributed by atoms with Crippen molar-refractivity contribution in [2.45, 2.75) is 25.3 Å². The minimum atomic E-state index is -3.57. The van der Waals surface area contributed by atoms with Crippen LogP contribution >= 0.6 is 0 Å². The van der Waals surface area contributed by atoms with Gasteiger partial charge in [-0.05, 0) is 43.2 Å². The van der Waals surface area contributed by atoms with E-state index in [0.29, 0.717) is 49.2 Å². The molecule has 2 aromatic rings. The highest BCUT2D eigenvalue weighted by Gasteiger charge is 2.31. The molecule has 2 heterocycles. The minimum absolute atomic E-state index is 0.210. The Balaban J connectivity index is 1.32. The number of nitrogens with one attached hydrogen (secondary N) is 1. The number of urea groups is 1. The topological polar surface area (TPSA) is 88.2 Å². The zero-order valence-electron chi connectivity index (χ0n) is 17.8. The predicted molar refractivity (Wildman–Crippen MR) is 116 cm³/mol. The number of fused-ring (bicyclic) bond motifs is 1. The number of nitrogens with zero attached hydrogens (tertiary/aromatic N) is 2. The molecule has 4 rings (SSSR count). The molecule has 2 aromatic carbocycles. The number of carbonyl (C=O) groups is 1. The smallest absolute Gasteiger partial charge is 0.317 e. The van der Waals surface area contributed by atoms with Crippen LogP contribution in [0.5, 0.6) is 11.5 Å². The molecule has 2 aliphatic heterocycles. The molecule has 166 valence electrons. The number of aryl methyl sites for hydroxylation is 2. The Morgan fingerprint density at radius 1 is 0.968 bits per heavy atom. The van der Waals surface area contributed by atoms with Crippen molar-refractivity contribution in [3.8, 4) is 11.5 Å². The number of sulfonamides is 1. The third-order valence-electron chi connectivity index (χ3n) is 5.52. The van der Waals surface area contributed by atoms with Crippen LogP contribution in [0.3, 0.4) is 0 Å². The molecule has 2 aliphatic rings. The van der Waals surface area contributed by atoms with Crippen molar-refractivity contribution in [3.63, 3.8) is 0 Å². The molecule has 0 spiro atoms. The molecule has 0 aromatic heterocycles.